The molecule has 0 aliphatic rings. The van der Waals surface area contributed by atoms with Gasteiger partial charge in [0.15, 0.2) is 5.82 Å². The lowest BCUT2D eigenvalue weighted by Gasteiger charge is -2.23. The predicted octanol–water partition coefficient (Wildman–Crippen LogP) is 3.62. The van der Waals surface area contributed by atoms with Gasteiger partial charge in [0.2, 0.25) is 0 Å². The van der Waals surface area contributed by atoms with Crippen molar-refractivity contribution in [3.8, 4) is 0 Å². The van der Waals surface area contributed by atoms with E-state index in [4.69, 9.17) is 27.9 Å². The van der Waals surface area contributed by atoms with E-state index in [0.29, 0.717) is 29.2 Å². The normalized spacial score (nSPS) is 11.9. The minimum atomic E-state index is -0.575. The lowest BCUT2D eigenvalue weighted by Crippen LogP contribution is -2.25. The van der Waals surface area contributed by atoms with Crippen molar-refractivity contribution in [2.24, 2.45) is 0 Å². The van der Waals surface area contributed by atoms with E-state index in [1.807, 2.05) is 27.7 Å². The highest BCUT2D eigenvalue weighted by Crippen LogP contribution is 2.27. The molecule has 90 valence electrons. The minimum Gasteiger partial charge on any atom is -0.368 e. The van der Waals surface area contributed by atoms with E-state index in [-0.39, 0.29) is 0 Å². The summed E-state index contributed by atoms with van der Waals surface area (Å²) in [6.07, 6.45) is 0.715. The van der Waals surface area contributed by atoms with E-state index in [2.05, 4.69) is 9.97 Å². The number of aromatic nitrogens is 2. The number of halogens is 2. The highest BCUT2D eigenvalue weighted by atomic mass is 35.5. The smallest absolute Gasteiger partial charge is 0.163 e. The van der Waals surface area contributed by atoms with Crippen molar-refractivity contribution in [3.05, 3.63) is 21.7 Å². The molecule has 0 N–H and O–H groups in total. The monoisotopic (exact) mass is 262 g/mol. The molecule has 0 bridgehead atoms. The fraction of sp³-hybridized carbons (Fsp3) is 0.636. The van der Waals surface area contributed by atoms with Crippen LogP contribution in [0.2, 0.25) is 10.3 Å². The molecule has 0 spiro atoms. The summed E-state index contributed by atoms with van der Waals surface area (Å²) in [6, 6.07) is 0. The van der Waals surface area contributed by atoms with E-state index in [9.17, 15) is 0 Å². The van der Waals surface area contributed by atoms with E-state index < -0.39 is 5.60 Å². The van der Waals surface area contributed by atoms with Gasteiger partial charge >= 0.3 is 0 Å². The van der Waals surface area contributed by atoms with Crippen molar-refractivity contribution in [1.82, 2.24) is 9.97 Å². The fourth-order valence-electron chi connectivity index (χ4n) is 1.42. The van der Waals surface area contributed by atoms with Gasteiger partial charge in [-0.25, -0.2) is 9.97 Å². The van der Waals surface area contributed by atoms with Gasteiger partial charge in [-0.05, 0) is 27.2 Å². The Hall–Kier alpha value is -0.380. The van der Waals surface area contributed by atoms with Crippen LogP contribution in [-0.2, 0) is 16.8 Å². The van der Waals surface area contributed by atoms with Crippen molar-refractivity contribution >= 4 is 23.2 Å². The molecule has 0 saturated heterocycles. The van der Waals surface area contributed by atoms with Gasteiger partial charge in [0.1, 0.15) is 15.9 Å². The molecule has 0 saturated carbocycles. The Balaban J connectivity index is 3.17. The first-order valence-electron chi connectivity index (χ1n) is 5.28. The third-order valence-corrected chi connectivity index (χ3v) is 2.93. The molecule has 0 unspecified atom stereocenters. The van der Waals surface area contributed by atoms with Crippen molar-refractivity contribution in [3.63, 3.8) is 0 Å². The molecule has 3 nitrogen and oxygen atoms in total. The Labute approximate surface area is 106 Å². The van der Waals surface area contributed by atoms with Crippen LogP contribution in [0.3, 0.4) is 0 Å². The zero-order valence-corrected chi connectivity index (χ0v) is 11.5. The lowest BCUT2D eigenvalue weighted by atomic mass is 10.1. The van der Waals surface area contributed by atoms with E-state index in [1.165, 1.54) is 0 Å². The van der Waals surface area contributed by atoms with Crippen molar-refractivity contribution in [1.29, 1.82) is 0 Å². The maximum Gasteiger partial charge on any atom is 0.163 e. The summed E-state index contributed by atoms with van der Waals surface area (Å²) in [7, 11) is 0. The fourth-order valence-corrected chi connectivity index (χ4v) is 2.07. The third-order valence-electron chi connectivity index (χ3n) is 2.30. The zero-order valence-electron chi connectivity index (χ0n) is 9.97. The van der Waals surface area contributed by atoms with Gasteiger partial charge in [-0.2, -0.15) is 0 Å². The minimum absolute atomic E-state index is 0.408. The molecule has 1 rings (SSSR count). The van der Waals surface area contributed by atoms with Crippen LogP contribution in [0.25, 0.3) is 0 Å². The largest absolute Gasteiger partial charge is 0.368 e. The Morgan fingerprint density at radius 2 is 1.62 bits per heavy atom. The number of hydrogen-bond acceptors (Lipinski definition) is 3. The lowest BCUT2D eigenvalue weighted by molar-refractivity contribution is -0.0208. The van der Waals surface area contributed by atoms with Crippen LogP contribution in [0, 0.1) is 0 Å². The molecule has 0 aliphatic heterocycles. The van der Waals surface area contributed by atoms with Crippen molar-refractivity contribution < 1.29 is 4.74 Å². The van der Waals surface area contributed by atoms with Gasteiger partial charge in [0.05, 0.1) is 0 Å². The molecule has 16 heavy (non-hydrogen) atoms. The second-order valence-corrected chi connectivity index (χ2v) is 4.62. The van der Waals surface area contributed by atoms with Crippen LogP contribution < -0.4 is 0 Å². The number of rotatable bonds is 4. The molecular weight excluding hydrogens is 247 g/mol. The third kappa shape index (κ3) is 2.84. The first-order chi connectivity index (χ1) is 7.42. The average Bonchev–Trinajstić information content (AvgIpc) is 2.17. The SMILES string of the molecule is CCOC(C)(C)c1nc(Cl)c(CC)c(Cl)n1. The van der Waals surface area contributed by atoms with Crippen LogP contribution >= 0.6 is 23.2 Å². The summed E-state index contributed by atoms with van der Waals surface area (Å²) < 4.78 is 5.56. The molecule has 0 radical (unpaired) electrons. The average molecular weight is 263 g/mol. The topological polar surface area (TPSA) is 35.0 Å². The van der Waals surface area contributed by atoms with Crippen molar-refractivity contribution in [2.45, 2.75) is 39.7 Å². The van der Waals surface area contributed by atoms with Crippen LogP contribution in [0.5, 0.6) is 0 Å². The van der Waals surface area contributed by atoms with Gasteiger partial charge in [-0.1, -0.05) is 30.1 Å². The molecule has 1 aromatic heterocycles. The second kappa shape index (κ2) is 5.30. The Kier molecular flexibility index (Phi) is 4.53. The summed E-state index contributed by atoms with van der Waals surface area (Å²) in [6.45, 7) is 8.25. The first kappa shape index (κ1) is 13.7. The summed E-state index contributed by atoms with van der Waals surface area (Å²) in [5.41, 5.74) is 0.202. The molecule has 5 heteroatoms. The maximum absolute atomic E-state index is 6.05. The molecule has 0 fully saturated rings. The summed E-state index contributed by atoms with van der Waals surface area (Å²) in [5, 5.41) is 0.815. The van der Waals surface area contributed by atoms with Gasteiger partial charge in [-0.15, -0.1) is 0 Å². The molecule has 0 atom stereocenters. The van der Waals surface area contributed by atoms with E-state index in [0.717, 1.165) is 5.56 Å². The maximum atomic E-state index is 6.05. The number of nitrogens with zero attached hydrogens (tertiary/aromatic N) is 2. The van der Waals surface area contributed by atoms with Crippen LogP contribution in [0.1, 0.15) is 39.1 Å². The van der Waals surface area contributed by atoms with Crippen LogP contribution in [-0.4, -0.2) is 16.6 Å². The molecule has 0 amide bonds. The quantitative estimate of drug-likeness (QED) is 0.778. The molecular formula is C11H16Cl2N2O. The molecule has 0 aliphatic carbocycles. The summed E-state index contributed by atoms with van der Waals surface area (Å²) >= 11 is 12.1. The van der Waals surface area contributed by atoms with E-state index in [1.54, 1.807) is 0 Å². The summed E-state index contributed by atoms with van der Waals surface area (Å²) in [4.78, 5) is 8.48. The molecule has 0 aromatic carbocycles. The number of ether oxygens (including phenoxy) is 1. The Morgan fingerprint density at radius 1 is 1.12 bits per heavy atom. The Morgan fingerprint density at radius 3 is 2.00 bits per heavy atom. The van der Waals surface area contributed by atoms with Gasteiger partial charge in [-0.3, -0.25) is 0 Å². The van der Waals surface area contributed by atoms with Crippen molar-refractivity contribution in [2.75, 3.05) is 6.61 Å². The second-order valence-electron chi connectivity index (χ2n) is 3.90. The zero-order chi connectivity index (χ0) is 12.3. The molecule has 1 heterocycles. The van der Waals surface area contributed by atoms with E-state index >= 15 is 0 Å². The summed E-state index contributed by atoms with van der Waals surface area (Å²) in [5.74, 6) is 0.515. The van der Waals surface area contributed by atoms with Gasteiger partial charge in [0.25, 0.3) is 0 Å². The first-order valence-corrected chi connectivity index (χ1v) is 6.04. The highest BCUT2D eigenvalue weighted by molar-refractivity contribution is 6.34. The highest BCUT2D eigenvalue weighted by Gasteiger charge is 2.26. The van der Waals surface area contributed by atoms with Crippen LogP contribution in [0.15, 0.2) is 0 Å². The molecule has 1 aromatic rings. The van der Waals surface area contributed by atoms with Gasteiger partial charge in [0, 0.05) is 12.2 Å². The van der Waals surface area contributed by atoms with Gasteiger partial charge < -0.3 is 4.74 Å². The van der Waals surface area contributed by atoms with Crippen LogP contribution in [0.4, 0.5) is 0 Å². The predicted molar refractivity (Wildman–Crippen MR) is 66.1 cm³/mol. The standard InChI is InChI=1S/C11H16Cl2N2O/c1-5-7-8(12)14-10(15-9(7)13)11(3,4)16-6-2/h5-6H2,1-4H3. The Bertz CT molecular complexity index is 357. The number of hydrogen-bond donors (Lipinski definition) is 0.